The average Bonchev–Trinajstić information content (AvgIpc) is 2.54. The number of hydrogen-bond acceptors (Lipinski definition) is 5. The van der Waals surface area contributed by atoms with Crippen molar-refractivity contribution in [2.75, 3.05) is 32.5 Å². The summed E-state index contributed by atoms with van der Waals surface area (Å²) >= 11 is 0. The number of nitrogens with one attached hydrogen (secondary N) is 1. The predicted octanol–water partition coefficient (Wildman–Crippen LogP) is 1.09. The van der Waals surface area contributed by atoms with E-state index in [1.807, 2.05) is 7.05 Å². The first-order valence-corrected chi connectivity index (χ1v) is 7.39. The molecule has 1 aliphatic heterocycles. The summed E-state index contributed by atoms with van der Waals surface area (Å²) in [6.07, 6.45) is 1.64. The van der Waals surface area contributed by atoms with Crippen LogP contribution in [0.3, 0.4) is 0 Å². The van der Waals surface area contributed by atoms with Gasteiger partial charge in [-0.2, -0.15) is 0 Å². The van der Waals surface area contributed by atoms with E-state index < -0.39 is 16.7 Å². The lowest BCUT2D eigenvalue weighted by Crippen LogP contribution is -2.47. The number of rotatable bonds is 3. The highest BCUT2D eigenvalue weighted by Gasteiger charge is 2.28. The second kappa shape index (κ2) is 7.19. The van der Waals surface area contributed by atoms with Crippen LogP contribution in [-0.4, -0.2) is 59.8 Å². The first-order chi connectivity index (χ1) is 10.9. The molecule has 1 N–H and O–H groups in total. The van der Waals surface area contributed by atoms with Crippen LogP contribution in [0.15, 0.2) is 24.3 Å². The lowest BCUT2D eigenvalue weighted by atomic mass is 10.0. The molecule has 8 nitrogen and oxygen atoms in total. The Hall–Kier alpha value is -2.48. The molecule has 0 atom stereocenters. The number of anilines is 1. The molecule has 8 heteroatoms. The molecule has 0 saturated carbocycles. The van der Waals surface area contributed by atoms with Crippen LogP contribution in [0.4, 0.5) is 11.4 Å². The first-order valence-electron chi connectivity index (χ1n) is 7.39. The highest BCUT2D eigenvalue weighted by molar-refractivity contribution is 6.39. The van der Waals surface area contributed by atoms with Crippen LogP contribution in [0.25, 0.3) is 0 Å². The maximum atomic E-state index is 12.2. The summed E-state index contributed by atoms with van der Waals surface area (Å²) in [4.78, 5) is 38.1. The molecule has 1 saturated heterocycles. The molecule has 0 bridgehead atoms. The Kier molecular flexibility index (Phi) is 5.28. The van der Waals surface area contributed by atoms with Gasteiger partial charge in [-0.25, -0.2) is 0 Å². The molecular weight excluding hydrogens is 300 g/mol. The normalized spacial score (nSPS) is 15.9. The Morgan fingerprint density at radius 1 is 1.35 bits per heavy atom. The Morgan fingerprint density at radius 2 is 2.00 bits per heavy atom. The molecule has 2 amide bonds. The number of likely N-dealkylation sites (tertiary alicyclic amines) is 1. The largest absolute Gasteiger partial charge is 0.334 e. The van der Waals surface area contributed by atoms with Gasteiger partial charge in [0.2, 0.25) is 0 Å². The Balaban J connectivity index is 1.98. The van der Waals surface area contributed by atoms with Crippen molar-refractivity contribution in [2.45, 2.75) is 18.9 Å². The number of nitro benzene ring substituents is 1. The third kappa shape index (κ3) is 4.26. The van der Waals surface area contributed by atoms with Gasteiger partial charge in [-0.1, -0.05) is 6.07 Å². The smallest absolute Gasteiger partial charge is 0.313 e. The van der Waals surface area contributed by atoms with Crippen LogP contribution >= 0.6 is 0 Å². The second-order valence-electron chi connectivity index (χ2n) is 5.71. The summed E-state index contributed by atoms with van der Waals surface area (Å²) in [6, 6.07) is 5.55. The SMILES string of the molecule is CN1CCC(N(C)C(=O)C(=O)Nc2cccc([N+](=O)[O-])c2)CC1. The standard InChI is InChI=1S/C15H20N4O4/c1-17-8-6-12(7-9-17)18(2)15(21)14(20)16-11-4-3-5-13(10-11)19(22)23/h3-5,10,12H,6-9H2,1-2H3,(H,16,20). The number of nitro groups is 1. The Morgan fingerprint density at radius 3 is 2.61 bits per heavy atom. The van der Waals surface area contributed by atoms with E-state index in [1.54, 1.807) is 7.05 Å². The van der Waals surface area contributed by atoms with Gasteiger partial charge in [0.05, 0.1) is 4.92 Å². The van der Waals surface area contributed by atoms with Crippen molar-refractivity contribution in [3.8, 4) is 0 Å². The molecule has 1 aromatic carbocycles. The molecule has 0 spiro atoms. The van der Waals surface area contributed by atoms with E-state index in [9.17, 15) is 19.7 Å². The van der Waals surface area contributed by atoms with Crippen molar-refractivity contribution in [1.82, 2.24) is 9.80 Å². The van der Waals surface area contributed by atoms with Crippen molar-refractivity contribution in [2.24, 2.45) is 0 Å². The third-order valence-electron chi connectivity index (χ3n) is 4.07. The summed E-state index contributed by atoms with van der Waals surface area (Å²) < 4.78 is 0. The van der Waals surface area contributed by atoms with Crippen molar-refractivity contribution in [3.05, 3.63) is 34.4 Å². The minimum Gasteiger partial charge on any atom is -0.334 e. The van der Waals surface area contributed by atoms with E-state index in [-0.39, 0.29) is 17.4 Å². The van der Waals surface area contributed by atoms with E-state index in [0.29, 0.717) is 0 Å². The van der Waals surface area contributed by atoms with Crippen molar-refractivity contribution >= 4 is 23.2 Å². The van der Waals surface area contributed by atoms with E-state index in [1.165, 1.54) is 29.2 Å². The summed E-state index contributed by atoms with van der Waals surface area (Å²) in [6.45, 7) is 1.77. The van der Waals surface area contributed by atoms with Gasteiger partial charge in [0.25, 0.3) is 5.69 Å². The highest BCUT2D eigenvalue weighted by Crippen LogP contribution is 2.18. The second-order valence-corrected chi connectivity index (χ2v) is 5.71. The number of carbonyl (C=O) groups excluding carboxylic acids is 2. The highest BCUT2D eigenvalue weighted by atomic mass is 16.6. The van der Waals surface area contributed by atoms with Crippen LogP contribution in [0, 0.1) is 10.1 Å². The number of hydrogen-bond donors (Lipinski definition) is 1. The number of likely N-dealkylation sites (N-methyl/N-ethyl adjacent to an activating group) is 1. The molecule has 0 aliphatic carbocycles. The lowest BCUT2D eigenvalue weighted by Gasteiger charge is -2.34. The molecule has 0 aromatic heterocycles. The number of nitrogens with zero attached hydrogens (tertiary/aromatic N) is 3. The van der Waals surface area contributed by atoms with Gasteiger partial charge in [-0.15, -0.1) is 0 Å². The Labute approximate surface area is 134 Å². The molecule has 2 rings (SSSR count). The summed E-state index contributed by atoms with van der Waals surface area (Å²) in [5.74, 6) is -1.42. The van der Waals surface area contributed by atoms with Gasteiger partial charge in [0, 0.05) is 30.9 Å². The molecule has 0 radical (unpaired) electrons. The average molecular weight is 320 g/mol. The predicted molar refractivity (Wildman–Crippen MR) is 85.0 cm³/mol. The number of benzene rings is 1. The van der Waals surface area contributed by atoms with E-state index >= 15 is 0 Å². The first kappa shape index (κ1) is 16.9. The van der Waals surface area contributed by atoms with Crippen molar-refractivity contribution in [3.63, 3.8) is 0 Å². The van der Waals surface area contributed by atoms with E-state index in [2.05, 4.69) is 10.2 Å². The monoisotopic (exact) mass is 320 g/mol. The molecular formula is C15H20N4O4. The molecule has 1 fully saturated rings. The van der Waals surface area contributed by atoms with Gasteiger partial charge in [0.15, 0.2) is 0 Å². The topological polar surface area (TPSA) is 95.8 Å². The van der Waals surface area contributed by atoms with E-state index in [4.69, 9.17) is 0 Å². The van der Waals surface area contributed by atoms with Gasteiger partial charge in [0.1, 0.15) is 0 Å². The van der Waals surface area contributed by atoms with Gasteiger partial charge < -0.3 is 15.1 Å². The number of piperidine rings is 1. The molecule has 23 heavy (non-hydrogen) atoms. The van der Waals surface area contributed by atoms with Crippen LogP contribution < -0.4 is 5.32 Å². The molecule has 1 aliphatic rings. The maximum Gasteiger partial charge on any atom is 0.313 e. The summed E-state index contributed by atoms with van der Waals surface area (Å²) in [5, 5.41) is 13.1. The zero-order chi connectivity index (χ0) is 17.0. The van der Waals surface area contributed by atoms with E-state index in [0.717, 1.165) is 25.9 Å². The lowest BCUT2D eigenvalue weighted by molar-refractivity contribution is -0.384. The van der Waals surface area contributed by atoms with Crippen LogP contribution in [0.1, 0.15) is 12.8 Å². The molecule has 1 heterocycles. The minimum atomic E-state index is -0.785. The summed E-state index contributed by atoms with van der Waals surface area (Å²) in [7, 11) is 3.64. The quantitative estimate of drug-likeness (QED) is 0.511. The van der Waals surface area contributed by atoms with Crippen LogP contribution in [0.5, 0.6) is 0 Å². The zero-order valence-electron chi connectivity index (χ0n) is 13.2. The number of amides is 2. The molecule has 1 aromatic rings. The fraction of sp³-hybridized carbons (Fsp3) is 0.467. The summed E-state index contributed by atoms with van der Waals surface area (Å²) in [5.41, 5.74) is 0.0910. The number of non-ortho nitro benzene ring substituents is 1. The van der Waals surface area contributed by atoms with Gasteiger partial charge in [-0.05, 0) is 39.0 Å². The van der Waals surface area contributed by atoms with Crippen molar-refractivity contribution < 1.29 is 14.5 Å². The molecule has 0 unspecified atom stereocenters. The maximum absolute atomic E-state index is 12.2. The van der Waals surface area contributed by atoms with Crippen LogP contribution in [0.2, 0.25) is 0 Å². The van der Waals surface area contributed by atoms with Crippen LogP contribution in [-0.2, 0) is 9.59 Å². The molecule has 124 valence electrons. The Bertz CT molecular complexity index is 611. The third-order valence-corrected chi connectivity index (χ3v) is 4.07. The number of carbonyl (C=O) groups is 2. The minimum absolute atomic E-state index is 0.0366. The van der Waals surface area contributed by atoms with Gasteiger partial charge in [-0.3, -0.25) is 19.7 Å². The van der Waals surface area contributed by atoms with Gasteiger partial charge >= 0.3 is 11.8 Å². The fourth-order valence-electron chi connectivity index (χ4n) is 2.59. The zero-order valence-corrected chi connectivity index (χ0v) is 13.2. The van der Waals surface area contributed by atoms with Crippen molar-refractivity contribution in [1.29, 1.82) is 0 Å². The fourth-order valence-corrected chi connectivity index (χ4v) is 2.59.